The number of amides is 1. The Hall–Kier alpha value is -4.37. The van der Waals surface area contributed by atoms with E-state index >= 15 is 0 Å². The van der Waals surface area contributed by atoms with Crippen molar-refractivity contribution in [1.29, 1.82) is 0 Å². The van der Waals surface area contributed by atoms with Crippen molar-refractivity contribution in [3.8, 4) is 0 Å². The third-order valence-corrected chi connectivity index (χ3v) is 5.13. The van der Waals surface area contributed by atoms with Crippen LogP contribution >= 0.6 is 0 Å². The maximum absolute atomic E-state index is 12.8. The second-order valence-corrected chi connectivity index (χ2v) is 8.14. The number of anilines is 1. The van der Waals surface area contributed by atoms with Crippen molar-refractivity contribution in [2.24, 2.45) is 0 Å². The van der Waals surface area contributed by atoms with Gasteiger partial charge in [0.2, 0.25) is 0 Å². The second kappa shape index (κ2) is 12.4. The van der Waals surface area contributed by atoms with Gasteiger partial charge in [-0.3, -0.25) is 9.78 Å². The van der Waals surface area contributed by atoms with E-state index in [0.29, 0.717) is 18.8 Å². The van der Waals surface area contributed by atoms with Gasteiger partial charge >= 0.3 is 24.3 Å². The zero-order valence-corrected chi connectivity index (χ0v) is 20.5. The molecule has 1 saturated heterocycles. The van der Waals surface area contributed by atoms with Crippen LogP contribution in [0.4, 0.5) is 32.0 Å². The number of halogens is 6. The number of aromatic nitrogens is 3. The number of aliphatic carboxylic acids is 2. The first-order valence-corrected chi connectivity index (χ1v) is 11.0. The van der Waals surface area contributed by atoms with Crippen LogP contribution in [-0.4, -0.2) is 85.9 Å². The van der Waals surface area contributed by atoms with Crippen LogP contribution < -0.4 is 4.90 Å². The summed E-state index contributed by atoms with van der Waals surface area (Å²) in [6.07, 6.45) is -4.57. The Balaban J connectivity index is 0.000000317. The van der Waals surface area contributed by atoms with Crippen molar-refractivity contribution >= 4 is 29.2 Å². The lowest BCUT2D eigenvalue weighted by atomic mass is 10.2. The highest BCUT2D eigenvalue weighted by atomic mass is 19.4. The maximum Gasteiger partial charge on any atom is 0.490 e. The molecule has 39 heavy (non-hydrogen) atoms. The highest BCUT2D eigenvalue weighted by Gasteiger charge is 2.38. The normalized spacial score (nSPS) is 13.6. The SMILES string of the molecule is Cc1ccn2cc(C(=O)N3CCN(c4ccnc(C)c4)CC3)nc2c1.O=C(O)C(F)(F)F.O=C(O)C(F)(F)F. The average Bonchev–Trinajstić information content (AvgIpc) is 3.26. The number of alkyl halides is 6. The molecule has 212 valence electrons. The molecule has 4 rings (SSSR count). The van der Waals surface area contributed by atoms with Crippen LogP contribution in [-0.2, 0) is 9.59 Å². The first-order chi connectivity index (χ1) is 18.0. The van der Waals surface area contributed by atoms with Crippen molar-refractivity contribution in [1.82, 2.24) is 19.3 Å². The van der Waals surface area contributed by atoms with Crippen LogP contribution in [0, 0.1) is 13.8 Å². The Labute approximate surface area is 217 Å². The third kappa shape index (κ3) is 9.15. The summed E-state index contributed by atoms with van der Waals surface area (Å²) in [6.45, 7) is 7.06. The smallest absolute Gasteiger partial charge is 0.475 e. The second-order valence-electron chi connectivity index (χ2n) is 8.14. The largest absolute Gasteiger partial charge is 0.490 e. The van der Waals surface area contributed by atoms with Gasteiger partial charge in [-0.2, -0.15) is 26.3 Å². The molecular formula is C23H23F6N5O5. The predicted molar refractivity (Wildman–Crippen MR) is 124 cm³/mol. The highest BCUT2D eigenvalue weighted by Crippen LogP contribution is 2.18. The molecule has 0 aliphatic carbocycles. The number of imidazole rings is 1. The summed E-state index contributed by atoms with van der Waals surface area (Å²) < 4.78 is 65.4. The minimum Gasteiger partial charge on any atom is -0.475 e. The molecule has 0 atom stereocenters. The van der Waals surface area contributed by atoms with E-state index < -0.39 is 24.3 Å². The Morgan fingerprint density at radius 2 is 1.41 bits per heavy atom. The van der Waals surface area contributed by atoms with Crippen molar-refractivity contribution in [2.75, 3.05) is 31.1 Å². The quantitative estimate of drug-likeness (QED) is 0.453. The van der Waals surface area contributed by atoms with Crippen molar-refractivity contribution in [2.45, 2.75) is 26.2 Å². The average molecular weight is 563 g/mol. The van der Waals surface area contributed by atoms with Crippen LogP contribution in [0.15, 0.2) is 42.9 Å². The summed E-state index contributed by atoms with van der Waals surface area (Å²) >= 11 is 0. The number of nitrogens with zero attached hydrogens (tertiary/aromatic N) is 5. The summed E-state index contributed by atoms with van der Waals surface area (Å²) in [7, 11) is 0. The first kappa shape index (κ1) is 30.9. The van der Waals surface area contributed by atoms with Gasteiger partial charge in [0.25, 0.3) is 5.91 Å². The van der Waals surface area contributed by atoms with Crippen LogP contribution in [0.3, 0.4) is 0 Å². The topological polar surface area (TPSA) is 128 Å². The van der Waals surface area contributed by atoms with Crippen molar-refractivity contribution in [3.63, 3.8) is 0 Å². The van der Waals surface area contributed by atoms with Crippen LogP contribution in [0.5, 0.6) is 0 Å². The number of carboxylic acids is 2. The fourth-order valence-electron chi connectivity index (χ4n) is 3.24. The van der Waals surface area contributed by atoms with E-state index in [1.807, 2.05) is 59.9 Å². The number of rotatable bonds is 2. The monoisotopic (exact) mass is 563 g/mol. The van der Waals surface area contributed by atoms with E-state index in [-0.39, 0.29) is 5.91 Å². The molecule has 0 radical (unpaired) electrons. The lowest BCUT2D eigenvalue weighted by Gasteiger charge is -2.35. The van der Waals surface area contributed by atoms with Crippen molar-refractivity contribution in [3.05, 3.63) is 59.8 Å². The van der Waals surface area contributed by atoms with Gasteiger partial charge in [0.15, 0.2) is 0 Å². The molecule has 16 heteroatoms. The van der Waals surface area contributed by atoms with Crippen LogP contribution in [0.25, 0.3) is 5.65 Å². The molecule has 1 amide bonds. The summed E-state index contributed by atoms with van der Waals surface area (Å²) in [4.78, 5) is 43.5. The number of carbonyl (C=O) groups excluding carboxylic acids is 1. The Morgan fingerprint density at radius 3 is 1.90 bits per heavy atom. The zero-order valence-electron chi connectivity index (χ0n) is 20.5. The van der Waals surface area contributed by atoms with E-state index in [1.165, 1.54) is 5.69 Å². The molecule has 3 aromatic rings. The van der Waals surface area contributed by atoms with Gasteiger partial charge in [0.05, 0.1) is 0 Å². The standard InChI is InChI=1S/C19H21N5O.2C2HF3O2/c1-14-4-6-24-13-17(21-18(24)11-14)19(25)23-9-7-22(8-10-23)16-3-5-20-15(2)12-16;2*3-2(4,5)1(6)7/h3-6,11-13H,7-10H2,1-2H3;2*(H,6,7). The number of fused-ring (bicyclic) bond motifs is 1. The molecule has 10 nitrogen and oxygen atoms in total. The number of carboxylic acid groups (broad SMARTS) is 2. The molecule has 1 fully saturated rings. The number of aryl methyl sites for hydroxylation is 2. The minimum atomic E-state index is -5.08. The molecule has 3 aromatic heterocycles. The first-order valence-electron chi connectivity index (χ1n) is 11.0. The van der Waals surface area contributed by atoms with Gasteiger partial charge < -0.3 is 24.4 Å². The minimum absolute atomic E-state index is 0.00640. The molecule has 0 unspecified atom stereocenters. The van der Waals surface area contributed by atoms with E-state index in [1.54, 1.807) is 0 Å². The molecule has 1 aliphatic heterocycles. The third-order valence-electron chi connectivity index (χ3n) is 5.13. The Morgan fingerprint density at radius 1 is 0.872 bits per heavy atom. The lowest BCUT2D eigenvalue weighted by Crippen LogP contribution is -2.48. The van der Waals surface area contributed by atoms with Gasteiger partial charge in [-0.05, 0) is 43.7 Å². The number of hydrogen-bond donors (Lipinski definition) is 2. The molecule has 0 saturated carbocycles. The van der Waals surface area contributed by atoms with E-state index in [2.05, 4.69) is 20.9 Å². The lowest BCUT2D eigenvalue weighted by molar-refractivity contribution is -0.193. The summed E-state index contributed by atoms with van der Waals surface area (Å²) in [5.74, 6) is -5.51. The van der Waals surface area contributed by atoms with Gasteiger partial charge in [-0.15, -0.1) is 0 Å². The van der Waals surface area contributed by atoms with Crippen molar-refractivity contribution < 1.29 is 50.9 Å². The van der Waals surface area contributed by atoms with Gasteiger partial charge in [-0.1, -0.05) is 0 Å². The van der Waals surface area contributed by atoms with Gasteiger partial charge in [0, 0.05) is 56.2 Å². The number of carbonyl (C=O) groups is 3. The molecule has 2 N–H and O–H groups in total. The van der Waals surface area contributed by atoms with E-state index in [4.69, 9.17) is 19.8 Å². The Bertz CT molecular complexity index is 1290. The maximum atomic E-state index is 12.8. The summed E-state index contributed by atoms with van der Waals surface area (Å²) in [6, 6.07) is 8.11. The number of piperazine rings is 1. The summed E-state index contributed by atoms with van der Waals surface area (Å²) in [5, 5.41) is 14.2. The Kier molecular flexibility index (Phi) is 9.85. The highest BCUT2D eigenvalue weighted by molar-refractivity contribution is 5.93. The van der Waals surface area contributed by atoms with E-state index in [9.17, 15) is 31.1 Å². The molecule has 1 aliphatic rings. The fourth-order valence-corrected chi connectivity index (χ4v) is 3.24. The van der Waals surface area contributed by atoms with E-state index in [0.717, 1.165) is 30.0 Å². The fraction of sp³-hybridized carbons (Fsp3) is 0.348. The predicted octanol–water partition coefficient (Wildman–Crippen LogP) is 3.58. The summed E-state index contributed by atoms with van der Waals surface area (Å²) in [5.41, 5.74) is 4.64. The van der Waals surface area contributed by atoms with Crippen LogP contribution in [0.1, 0.15) is 21.7 Å². The molecular weight excluding hydrogens is 540 g/mol. The van der Waals surface area contributed by atoms with Crippen LogP contribution in [0.2, 0.25) is 0 Å². The number of hydrogen-bond acceptors (Lipinski definition) is 6. The molecule has 0 aromatic carbocycles. The molecule has 4 heterocycles. The van der Waals surface area contributed by atoms with Gasteiger partial charge in [0.1, 0.15) is 11.3 Å². The number of pyridine rings is 2. The molecule has 0 spiro atoms. The van der Waals surface area contributed by atoms with Gasteiger partial charge in [-0.25, -0.2) is 14.6 Å². The molecule has 0 bridgehead atoms. The zero-order chi connectivity index (χ0) is 29.5.